The Labute approximate surface area is 158 Å². The van der Waals surface area contributed by atoms with Crippen molar-refractivity contribution >= 4 is 34.8 Å². The lowest BCUT2D eigenvalue weighted by Crippen LogP contribution is -2.36. The van der Waals surface area contributed by atoms with Crippen LogP contribution >= 0.6 is 23.8 Å². The number of H-pyrrole nitrogens is 2. The number of aryl methyl sites for hydroxylation is 1. The monoisotopic (exact) mass is 389 g/mol. The van der Waals surface area contributed by atoms with E-state index in [1.165, 1.54) is 6.26 Å². The lowest BCUT2D eigenvalue weighted by Gasteiger charge is -2.27. The van der Waals surface area contributed by atoms with E-state index in [0.29, 0.717) is 57.9 Å². The van der Waals surface area contributed by atoms with E-state index < -0.39 is 0 Å². The SMILES string of the molecule is Cc1cc2occ(CN3CCc4[nH]c(=S)[nH]c(=O)c4C3)c(=O)c2cc1Cl. The van der Waals surface area contributed by atoms with Crippen molar-refractivity contribution < 1.29 is 4.42 Å². The molecule has 0 atom stereocenters. The van der Waals surface area contributed by atoms with Crippen LogP contribution in [0.5, 0.6) is 0 Å². The van der Waals surface area contributed by atoms with Gasteiger partial charge in [0.2, 0.25) is 0 Å². The first-order valence-electron chi connectivity index (χ1n) is 8.19. The average molecular weight is 390 g/mol. The molecule has 0 aliphatic carbocycles. The van der Waals surface area contributed by atoms with Gasteiger partial charge in [-0.2, -0.15) is 0 Å². The molecule has 3 aromatic rings. The first-order valence-corrected chi connectivity index (χ1v) is 8.98. The van der Waals surface area contributed by atoms with Crippen molar-refractivity contribution in [3.63, 3.8) is 0 Å². The smallest absolute Gasteiger partial charge is 0.256 e. The summed E-state index contributed by atoms with van der Waals surface area (Å²) in [5, 5.41) is 1.01. The van der Waals surface area contributed by atoms with Crippen LogP contribution < -0.4 is 11.0 Å². The molecule has 0 bridgehead atoms. The van der Waals surface area contributed by atoms with Crippen LogP contribution in [-0.2, 0) is 19.5 Å². The second-order valence-electron chi connectivity index (χ2n) is 6.51. The molecule has 0 saturated carbocycles. The largest absolute Gasteiger partial charge is 0.464 e. The number of aromatic amines is 2. The van der Waals surface area contributed by atoms with E-state index >= 15 is 0 Å². The van der Waals surface area contributed by atoms with E-state index in [9.17, 15) is 9.59 Å². The van der Waals surface area contributed by atoms with Crippen LogP contribution in [0, 0.1) is 11.7 Å². The third kappa shape index (κ3) is 3.02. The molecule has 2 aromatic heterocycles. The van der Waals surface area contributed by atoms with Gasteiger partial charge in [0.1, 0.15) is 5.58 Å². The Morgan fingerprint density at radius 3 is 2.92 bits per heavy atom. The second kappa shape index (κ2) is 6.50. The zero-order chi connectivity index (χ0) is 18.4. The molecular weight excluding hydrogens is 374 g/mol. The van der Waals surface area contributed by atoms with Gasteiger partial charge in [0.15, 0.2) is 10.2 Å². The van der Waals surface area contributed by atoms with Crippen molar-refractivity contribution in [3.05, 3.63) is 71.2 Å². The topological polar surface area (TPSA) is 82.1 Å². The van der Waals surface area contributed by atoms with E-state index in [1.807, 2.05) is 11.8 Å². The standard InChI is InChI=1S/C18H16ClN3O3S/c1-9-4-15-11(5-13(9)19)16(23)10(8-25-15)6-22-3-2-14-12(7-22)17(24)21-18(26)20-14/h4-5,8H,2-3,6-7H2,1H3,(H2,20,21,24,26). The molecule has 134 valence electrons. The number of nitrogens with zero attached hydrogens (tertiary/aromatic N) is 1. The van der Waals surface area contributed by atoms with Crippen LogP contribution in [0.15, 0.2) is 32.4 Å². The molecule has 1 aliphatic heterocycles. The Morgan fingerprint density at radius 1 is 1.31 bits per heavy atom. The summed E-state index contributed by atoms with van der Waals surface area (Å²) in [5.74, 6) is 0. The Bertz CT molecular complexity index is 1190. The Kier molecular flexibility index (Phi) is 4.30. The third-order valence-corrected chi connectivity index (χ3v) is 5.32. The van der Waals surface area contributed by atoms with E-state index in [4.69, 9.17) is 28.2 Å². The minimum absolute atomic E-state index is 0.0969. The molecule has 8 heteroatoms. The van der Waals surface area contributed by atoms with Crippen molar-refractivity contribution in [2.24, 2.45) is 0 Å². The van der Waals surface area contributed by atoms with E-state index in [2.05, 4.69) is 9.97 Å². The summed E-state index contributed by atoms with van der Waals surface area (Å²) in [6.45, 7) is 3.43. The van der Waals surface area contributed by atoms with Crippen molar-refractivity contribution in [1.82, 2.24) is 14.9 Å². The molecule has 0 spiro atoms. The summed E-state index contributed by atoms with van der Waals surface area (Å²) in [6.07, 6.45) is 2.17. The molecule has 4 rings (SSSR count). The maximum absolute atomic E-state index is 12.8. The summed E-state index contributed by atoms with van der Waals surface area (Å²) in [7, 11) is 0. The second-order valence-corrected chi connectivity index (χ2v) is 7.33. The van der Waals surface area contributed by atoms with Gasteiger partial charge < -0.3 is 9.40 Å². The van der Waals surface area contributed by atoms with Gasteiger partial charge in [-0.1, -0.05) is 11.6 Å². The number of hydrogen-bond acceptors (Lipinski definition) is 5. The molecule has 0 radical (unpaired) electrons. The fraction of sp³-hybridized carbons (Fsp3) is 0.278. The molecule has 0 unspecified atom stereocenters. The van der Waals surface area contributed by atoms with Crippen LogP contribution in [0.1, 0.15) is 22.4 Å². The highest BCUT2D eigenvalue weighted by molar-refractivity contribution is 7.71. The highest BCUT2D eigenvalue weighted by Crippen LogP contribution is 2.22. The number of benzene rings is 1. The van der Waals surface area contributed by atoms with Crippen LogP contribution in [0.2, 0.25) is 5.02 Å². The Hall–Kier alpha value is -2.22. The van der Waals surface area contributed by atoms with Crippen LogP contribution in [0.3, 0.4) is 0 Å². The summed E-state index contributed by atoms with van der Waals surface area (Å²) in [4.78, 5) is 32.6. The molecule has 0 fully saturated rings. The number of nitrogens with one attached hydrogen (secondary N) is 2. The zero-order valence-corrected chi connectivity index (χ0v) is 15.6. The lowest BCUT2D eigenvalue weighted by atomic mass is 10.1. The van der Waals surface area contributed by atoms with Crippen LogP contribution in [-0.4, -0.2) is 21.4 Å². The molecule has 0 saturated heterocycles. The molecule has 6 nitrogen and oxygen atoms in total. The van der Waals surface area contributed by atoms with E-state index in [0.717, 1.165) is 11.3 Å². The Morgan fingerprint density at radius 2 is 2.12 bits per heavy atom. The minimum atomic E-state index is -0.179. The normalized spacial score (nSPS) is 14.5. The van der Waals surface area contributed by atoms with Gasteiger partial charge in [-0.3, -0.25) is 19.5 Å². The quantitative estimate of drug-likeness (QED) is 0.658. The minimum Gasteiger partial charge on any atom is -0.464 e. The molecule has 1 aromatic carbocycles. The number of hydrogen-bond donors (Lipinski definition) is 2. The summed E-state index contributed by atoms with van der Waals surface area (Å²) in [6, 6.07) is 3.42. The van der Waals surface area contributed by atoms with Crippen LogP contribution in [0.25, 0.3) is 11.0 Å². The number of fused-ring (bicyclic) bond motifs is 2. The highest BCUT2D eigenvalue weighted by Gasteiger charge is 2.21. The number of rotatable bonds is 2. The number of halogens is 1. The predicted molar refractivity (Wildman–Crippen MR) is 102 cm³/mol. The molecule has 3 heterocycles. The van der Waals surface area contributed by atoms with Crippen molar-refractivity contribution in [2.75, 3.05) is 6.54 Å². The van der Waals surface area contributed by atoms with Crippen molar-refractivity contribution in [2.45, 2.75) is 26.4 Å². The highest BCUT2D eigenvalue weighted by atomic mass is 35.5. The maximum Gasteiger partial charge on any atom is 0.256 e. The van der Waals surface area contributed by atoms with E-state index in [1.54, 1.807) is 12.1 Å². The predicted octanol–water partition coefficient (Wildman–Crippen LogP) is 3.06. The van der Waals surface area contributed by atoms with Gasteiger partial charge >= 0.3 is 0 Å². The van der Waals surface area contributed by atoms with Gasteiger partial charge in [-0.25, -0.2) is 0 Å². The van der Waals surface area contributed by atoms with Crippen molar-refractivity contribution in [3.8, 4) is 0 Å². The van der Waals surface area contributed by atoms with Gasteiger partial charge in [0.25, 0.3) is 5.56 Å². The molecule has 26 heavy (non-hydrogen) atoms. The van der Waals surface area contributed by atoms with Gasteiger partial charge in [-0.15, -0.1) is 0 Å². The average Bonchev–Trinajstić information content (AvgIpc) is 2.60. The summed E-state index contributed by atoms with van der Waals surface area (Å²) < 4.78 is 5.97. The van der Waals surface area contributed by atoms with Gasteiger partial charge in [0, 0.05) is 42.3 Å². The fourth-order valence-corrected chi connectivity index (χ4v) is 3.67. The lowest BCUT2D eigenvalue weighted by molar-refractivity contribution is 0.239. The molecule has 0 amide bonds. The first-order chi connectivity index (χ1) is 12.4. The molecule has 2 N–H and O–H groups in total. The number of aromatic nitrogens is 2. The fourth-order valence-electron chi connectivity index (χ4n) is 3.29. The Balaban J connectivity index is 1.67. The molecule has 1 aliphatic rings. The van der Waals surface area contributed by atoms with Crippen LogP contribution in [0.4, 0.5) is 0 Å². The summed E-state index contributed by atoms with van der Waals surface area (Å²) >= 11 is 11.2. The summed E-state index contributed by atoms with van der Waals surface area (Å²) in [5.41, 5.74) is 3.17. The van der Waals surface area contributed by atoms with Crippen molar-refractivity contribution in [1.29, 1.82) is 0 Å². The maximum atomic E-state index is 12.8. The van der Waals surface area contributed by atoms with Gasteiger partial charge in [-0.05, 0) is 36.8 Å². The third-order valence-electron chi connectivity index (χ3n) is 4.71. The van der Waals surface area contributed by atoms with Gasteiger partial charge in [0.05, 0.1) is 17.2 Å². The zero-order valence-electron chi connectivity index (χ0n) is 14.0. The van der Waals surface area contributed by atoms with E-state index in [-0.39, 0.29) is 11.0 Å². The first kappa shape index (κ1) is 17.2. The molecular formula is C18H16ClN3O3S.